The van der Waals surface area contributed by atoms with E-state index in [1.807, 2.05) is 4.90 Å². The van der Waals surface area contributed by atoms with Crippen LogP contribution in [0.5, 0.6) is 0 Å². The number of hydrogen-bond donors (Lipinski definition) is 2. The molecule has 0 aromatic heterocycles. The highest BCUT2D eigenvalue weighted by Gasteiger charge is 2.38. The molecule has 2 aliphatic rings. The van der Waals surface area contributed by atoms with Gasteiger partial charge in [0.15, 0.2) is 0 Å². The van der Waals surface area contributed by atoms with Gasteiger partial charge < -0.3 is 15.3 Å². The molecule has 0 radical (unpaired) electrons. The molecule has 3 unspecified atom stereocenters. The van der Waals surface area contributed by atoms with Crippen LogP contribution in [0.2, 0.25) is 0 Å². The number of likely N-dealkylation sites (tertiary alicyclic amines) is 1. The van der Waals surface area contributed by atoms with Crippen molar-refractivity contribution in [3.8, 4) is 0 Å². The zero-order valence-electron chi connectivity index (χ0n) is 10.7. The molecule has 2 N–H and O–H groups in total. The van der Waals surface area contributed by atoms with E-state index in [0.29, 0.717) is 0 Å². The van der Waals surface area contributed by atoms with Crippen LogP contribution in [-0.2, 0) is 4.79 Å². The van der Waals surface area contributed by atoms with Crippen LogP contribution in [0.15, 0.2) is 0 Å². The molecule has 1 saturated carbocycles. The quantitative estimate of drug-likeness (QED) is 0.767. The SMILES string of the molecule is CCCNC1CCN(C2CCCCC2O)C1=O. The Morgan fingerprint density at radius 2 is 2.12 bits per heavy atom. The van der Waals surface area contributed by atoms with Gasteiger partial charge in [-0.05, 0) is 32.2 Å². The Morgan fingerprint density at radius 1 is 1.35 bits per heavy atom. The van der Waals surface area contributed by atoms with Crippen LogP contribution in [0.4, 0.5) is 0 Å². The Bertz CT molecular complexity index is 270. The van der Waals surface area contributed by atoms with E-state index in [4.69, 9.17) is 0 Å². The standard InChI is InChI=1S/C13H24N2O2/c1-2-8-14-10-7-9-15(13(10)17)11-5-3-4-6-12(11)16/h10-12,14,16H,2-9H2,1H3. The summed E-state index contributed by atoms with van der Waals surface area (Å²) >= 11 is 0. The molecule has 3 atom stereocenters. The maximum Gasteiger partial charge on any atom is 0.240 e. The molecule has 98 valence electrons. The van der Waals surface area contributed by atoms with Crippen LogP contribution in [0, 0.1) is 0 Å². The lowest BCUT2D eigenvalue weighted by molar-refractivity contribution is -0.134. The van der Waals surface area contributed by atoms with E-state index in [1.165, 1.54) is 0 Å². The maximum absolute atomic E-state index is 12.2. The number of nitrogens with one attached hydrogen (secondary N) is 1. The number of carbonyl (C=O) groups excluding carboxylic acids is 1. The monoisotopic (exact) mass is 240 g/mol. The number of amides is 1. The van der Waals surface area contributed by atoms with Gasteiger partial charge >= 0.3 is 0 Å². The fourth-order valence-electron chi connectivity index (χ4n) is 2.99. The molecular weight excluding hydrogens is 216 g/mol. The van der Waals surface area contributed by atoms with Gasteiger partial charge in [0.1, 0.15) is 0 Å². The first kappa shape index (κ1) is 12.8. The topological polar surface area (TPSA) is 52.6 Å². The van der Waals surface area contributed by atoms with Crippen molar-refractivity contribution in [1.82, 2.24) is 10.2 Å². The molecule has 1 heterocycles. The summed E-state index contributed by atoms with van der Waals surface area (Å²) in [6, 6.07) is 0.0637. The van der Waals surface area contributed by atoms with Crippen LogP contribution < -0.4 is 5.32 Å². The maximum atomic E-state index is 12.2. The van der Waals surface area contributed by atoms with Gasteiger partial charge in [-0.3, -0.25) is 4.79 Å². The van der Waals surface area contributed by atoms with Gasteiger partial charge in [-0.1, -0.05) is 19.8 Å². The van der Waals surface area contributed by atoms with Gasteiger partial charge in [-0.25, -0.2) is 0 Å². The Balaban J connectivity index is 1.91. The first-order chi connectivity index (χ1) is 8.24. The third-order valence-electron chi connectivity index (χ3n) is 3.97. The lowest BCUT2D eigenvalue weighted by Crippen LogP contribution is -2.49. The highest BCUT2D eigenvalue weighted by Crippen LogP contribution is 2.26. The number of hydrogen-bond acceptors (Lipinski definition) is 3. The van der Waals surface area contributed by atoms with E-state index in [2.05, 4.69) is 12.2 Å². The molecule has 4 nitrogen and oxygen atoms in total. The minimum absolute atomic E-state index is 0.0101. The normalized spacial score (nSPS) is 34.4. The molecule has 1 amide bonds. The van der Waals surface area contributed by atoms with E-state index in [-0.39, 0.29) is 24.1 Å². The van der Waals surface area contributed by atoms with E-state index >= 15 is 0 Å². The highest BCUT2D eigenvalue weighted by atomic mass is 16.3. The molecule has 17 heavy (non-hydrogen) atoms. The second kappa shape index (κ2) is 5.83. The lowest BCUT2D eigenvalue weighted by Gasteiger charge is -2.35. The summed E-state index contributed by atoms with van der Waals surface area (Å²) in [6.45, 7) is 3.81. The first-order valence-corrected chi connectivity index (χ1v) is 6.96. The summed E-state index contributed by atoms with van der Waals surface area (Å²) < 4.78 is 0. The number of nitrogens with zero attached hydrogens (tertiary/aromatic N) is 1. The lowest BCUT2D eigenvalue weighted by atomic mass is 9.91. The van der Waals surface area contributed by atoms with Crippen molar-refractivity contribution < 1.29 is 9.90 Å². The Morgan fingerprint density at radius 3 is 2.82 bits per heavy atom. The van der Waals surface area contributed by atoms with Crippen molar-refractivity contribution in [2.45, 2.75) is 63.6 Å². The highest BCUT2D eigenvalue weighted by molar-refractivity contribution is 5.84. The van der Waals surface area contributed by atoms with Gasteiger partial charge in [0.25, 0.3) is 0 Å². The van der Waals surface area contributed by atoms with E-state index in [1.54, 1.807) is 0 Å². The first-order valence-electron chi connectivity index (χ1n) is 6.96. The van der Waals surface area contributed by atoms with Crippen LogP contribution in [0.25, 0.3) is 0 Å². The van der Waals surface area contributed by atoms with Gasteiger partial charge in [-0.15, -0.1) is 0 Å². The molecule has 4 heteroatoms. The molecule has 0 aromatic rings. The molecule has 0 aromatic carbocycles. The van der Waals surface area contributed by atoms with Gasteiger partial charge in [0.05, 0.1) is 18.2 Å². The predicted octanol–water partition coefficient (Wildman–Crippen LogP) is 0.890. The Hall–Kier alpha value is -0.610. The third-order valence-corrected chi connectivity index (χ3v) is 3.97. The van der Waals surface area contributed by atoms with Crippen molar-refractivity contribution >= 4 is 5.91 Å². The molecule has 2 fully saturated rings. The number of aliphatic hydroxyl groups excluding tert-OH is 1. The number of aliphatic hydroxyl groups is 1. The molecule has 2 rings (SSSR count). The predicted molar refractivity (Wildman–Crippen MR) is 66.7 cm³/mol. The van der Waals surface area contributed by atoms with Crippen LogP contribution >= 0.6 is 0 Å². The average molecular weight is 240 g/mol. The number of carbonyl (C=O) groups is 1. The molecule has 1 saturated heterocycles. The second-order valence-corrected chi connectivity index (χ2v) is 5.25. The Labute approximate surface area is 103 Å². The van der Waals surface area contributed by atoms with Crippen molar-refractivity contribution in [3.05, 3.63) is 0 Å². The summed E-state index contributed by atoms with van der Waals surface area (Å²) in [5, 5.41) is 13.3. The van der Waals surface area contributed by atoms with Crippen LogP contribution in [-0.4, -0.2) is 47.2 Å². The molecule has 1 aliphatic carbocycles. The zero-order valence-corrected chi connectivity index (χ0v) is 10.7. The largest absolute Gasteiger partial charge is 0.391 e. The van der Waals surface area contributed by atoms with E-state index in [0.717, 1.165) is 51.6 Å². The zero-order chi connectivity index (χ0) is 12.3. The fourth-order valence-corrected chi connectivity index (χ4v) is 2.99. The smallest absolute Gasteiger partial charge is 0.240 e. The average Bonchev–Trinajstić information content (AvgIpc) is 2.69. The summed E-state index contributed by atoms with van der Waals surface area (Å²) in [4.78, 5) is 14.1. The molecule has 0 bridgehead atoms. The van der Waals surface area contributed by atoms with Crippen molar-refractivity contribution in [1.29, 1.82) is 0 Å². The van der Waals surface area contributed by atoms with E-state index < -0.39 is 0 Å². The third kappa shape index (κ3) is 2.80. The fraction of sp³-hybridized carbons (Fsp3) is 0.923. The van der Waals surface area contributed by atoms with Crippen molar-refractivity contribution in [2.24, 2.45) is 0 Å². The minimum Gasteiger partial charge on any atom is -0.391 e. The summed E-state index contributed by atoms with van der Waals surface area (Å²) in [5.41, 5.74) is 0. The Kier molecular flexibility index (Phi) is 4.40. The van der Waals surface area contributed by atoms with Gasteiger partial charge in [-0.2, -0.15) is 0 Å². The second-order valence-electron chi connectivity index (χ2n) is 5.25. The molecular formula is C13H24N2O2. The summed E-state index contributed by atoms with van der Waals surface area (Å²) in [7, 11) is 0. The van der Waals surface area contributed by atoms with Gasteiger partial charge in [0, 0.05) is 6.54 Å². The molecule has 1 aliphatic heterocycles. The van der Waals surface area contributed by atoms with Crippen LogP contribution in [0.3, 0.4) is 0 Å². The van der Waals surface area contributed by atoms with Crippen molar-refractivity contribution in [2.75, 3.05) is 13.1 Å². The molecule has 0 spiro atoms. The number of rotatable bonds is 4. The summed E-state index contributed by atoms with van der Waals surface area (Å²) in [5.74, 6) is 0.199. The van der Waals surface area contributed by atoms with Crippen molar-refractivity contribution in [3.63, 3.8) is 0 Å². The van der Waals surface area contributed by atoms with E-state index in [9.17, 15) is 9.90 Å². The van der Waals surface area contributed by atoms with Gasteiger partial charge in [0.2, 0.25) is 5.91 Å². The summed E-state index contributed by atoms with van der Waals surface area (Å²) in [6.07, 6.45) is 5.68. The minimum atomic E-state index is -0.308. The van der Waals surface area contributed by atoms with Crippen LogP contribution in [0.1, 0.15) is 45.4 Å².